The maximum Gasteiger partial charge on any atom is 0.261 e. The number of halogens is 1. The molecule has 0 aliphatic carbocycles. The van der Waals surface area contributed by atoms with E-state index in [2.05, 4.69) is 20.9 Å². The highest BCUT2D eigenvalue weighted by Crippen LogP contribution is 2.15. The van der Waals surface area contributed by atoms with Crippen molar-refractivity contribution in [1.82, 2.24) is 9.88 Å². The number of rotatable bonds is 4. The third kappa shape index (κ3) is 2.97. The molecule has 0 aromatic carbocycles. The zero-order valence-corrected chi connectivity index (χ0v) is 11.9. The van der Waals surface area contributed by atoms with Gasteiger partial charge >= 0.3 is 0 Å². The fourth-order valence-electron chi connectivity index (χ4n) is 1.64. The molecule has 5 heteroatoms. The van der Waals surface area contributed by atoms with Gasteiger partial charge in [0.05, 0.1) is 0 Å². The summed E-state index contributed by atoms with van der Waals surface area (Å²) in [6.07, 6.45) is 0.718. The van der Waals surface area contributed by atoms with Crippen LogP contribution in [0.2, 0.25) is 0 Å². The smallest absolute Gasteiger partial charge is 0.261 e. The van der Waals surface area contributed by atoms with Gasteiger partial charge in [0.2, 0.25) is 0 Å². The molecule has 0 saturated carbocycles. The highest BCUT2D eigenvalue weighted by molar-refractivity contribution is 9.10. The van der Waals surface area contributed by atoms with E-state index in [4.69, 9.17) is 0 Å². The van der Waals surface area contributed by atoms with E-state index in [0.29, 0.717) is 13.1 Å². The second-order valence-corrected chi connectivity index (χ2v) is 4.52. The lowest BCUT2D eigenvalue weighted by atomic mass is 10.2. The third-order valence-electron chi connectivity index (χ3n) is 2.70. The molecule has 1 rings (SSSR count). The van der Waals surface area contributed by atoms with Crippen LogP contribution in [0.5, 0.6) is 0 Å². The minimum absolute atomic E-state index is 0.192. The van der Waals surface area contributed by atoms with Crippen molar-refractivity contribution in [2.45, 2.75) is 27.2 Å². The van der Waals surface area contributed by atoms with Gasteiger partial charge in [-0.15, -0.1) is 0 Å². The molecule has 0 aliphatic heterocycles. The number of carbonyl (C=O) groups excluding carboxylic acids is 1. The number of hydrogen-bond acceptors (Lipinski definition) is 2. The number of amides is 1. The van der Waals surface area contributed by atoms with Crippen LogP contribution >= 0.6 is 15.9 Å². The number of hydrogen-bond donors (Lipinski definition) is 1. The Morgan fingerprint density at radius 3 is 2.41 bits per heavy atom. The summed E-state index contributed by atoms with van der Waals surface area (Å²) >= 11 is 3.36. The molecular weight excluding hydrogens is 284 g/mol. The molecule has 17 heavy (non-hydrogen) atoms. The Kier molecular flexibility index (Phi) is 4.93. The van der Waals surface area contributed by atoms with Gasteiger partial charge in [-0.3, -0.25) is 9.59 Å². The Bertz CT molecular complexity index is 464. The number of nitrogens with zero attached hydrogens (tertiary/aromatic N) is 1. The average Bonchev–Trinajstić information content (AvgIpc) is 2.32. The second kappa shape index (κ2) is 6.00. The standard InChI is InChI=1S/C12H17BrN2O2/c1-4-10-9(13)7-8(11(16)14-10)12(17)15(5-2)6-3/h7H,4-6H2,1-3H3,(H,14,16). The zero-order chi connectivity index (χ0) is 13.0. The minimum atomic E-state index is -0.318. The summed E-state index contributed by atoms with van der Waals surface area (Å²) in [7, 11) is 0. The van der Waals surface area contributed by atoms with Gasteiger partial charge in [-0.2, -0.15) is 0 Å². The van der Waals surface area contributed by atoms with Crippen LogP contribution in [-0.2, 0) is 6.42 Å². The lowest BCUT2D eigenvalue weighted by molar-refractivity contribution is 0.0771. The molecule has 1 aromatic rings. The molecule has 1 heterocycles. The van der Waals surface area contributed by atoms with Crippen molar-refractivity contribution in [2.24, 2.45) is 0 Å². The highest BCUT2D eigenvalue weighted by Gasteiger charge is 2.17. The molecule has 1 N–H and O–H groups in total. The molecule has 1 amide bonds. The monoisotopic (exact) mass is 300 g/mol. The molecule has 0 bridgehead atoms. The minimum Gasteiger partial charge on any atom is -0.339 e. The van der Waals surface area contributed by atoms with E-state index in [1.54, 1.807) is 11.0 Å². The van der Waals surface area contributed by atoms with Crippen molar-refractivity contribution in [3.05, 3.63) is 32.2 Å². The van der Waals surface area contributed by atoms with E-state index in [0.717, 1.165) is 16.6 Å². The molecule has 0 atom stereocenters. The lowest BCUT2D eigenvalue weighted by Gasteiger charge is -2.18. The molecule has 1 aromatic heterocycles. The quantitative estimate of drug-likeness (QED) is 0.926. The normalized spacial score (nSPS) is 10.4. The van der Waals surface area contributed by atoms with E-state index < -0.39 is 0 Å². The van der Waals surface area contributed by atoms with Crippen LogP contribution in [0.25, 0.3) is 0 Å². The number of aromatic nitrogens is 1. The number of aromatic amines is 1. The van der Waals surface area contributed by atoms with Crippen molar-refractivity contribution < 1.29 is 4.79 Å². The van der Waals surface area contributed by atoms with Gasteiger partial charge in [-0.05, 0) is 42.3 Å². The summed E-state index contributed by atoms with van der Waals surface area (Å²) in [5.41, 5.74) is 0.686. The predicted octanol–water partition coefficient (Wildman–Crippen LogP) is 2.18. The van der Waals surface area contributed by atoms with E-state index in [9.17, 15) is 9.59 Å². The molecule has 0 radical (unpaired) electrons. The topological polar surface area (TPSA) is 53.2 Å². The molecule has 94 valence electrons. The van der Waals surface area contributed by atoms with Crippen molar-refractivity contribution >= 4 is 21.8 Å². The summed E-state index contributed by atoms with van der Waals surface area (Å²) in [6.45, 7) is 6.93. The first-order valence-electron chi connectivity index (χ1n) is 5.76. The van der Waals surface area contributed by atoms with Crippen LogP contribution in [0.1, 0.15) is 36.8 Å². The summed E-state index contributed by atoms with van der Waals surface area (Å²) in [6, 6.07) is 1.61. The van der Waals surface area contributed by atoms with Gasteiger partial charge in [-0.1, -0.05) is 6.92 Å². The van der Waals surface area contributed by atoms with Crippen molar-refractivity contribution in [1.29, 1.82) is 0 Å². The third-order valence-corrected chi connectivity index (χ3v) is 3.41. The summed E-state index contributed by atoms with van der Waals surface area (Å²) in [5.74, 6) is -0.223. The maximum absolute atomic E-state index is 12.1. The van der Waals surface area contributed by atoms with Crippen LogP contribution < -0.4 is 5.56 Å². The van der Waals surface area contributed by atoms with Gasteiger partial charge in [0.15, 0.2) is 0 Å². The van der Waals surface area contributed by atoms with Gasteiger partial charge in [-0.25, -0.2) is 0 Å². The Labute approximate surface area is 109 Å². The zero-order valence-electron chi connectivity index (χ0n) is 10.3. The Morgan fingerprint density at radius 2 is 1.94 bits per heavy atom. The van der Waals surface area contributed by atoms with E-state index in [-0.39, 0.29) is 17.0 Å². The van der Waals surface area contributed by atoms with Crippen molar-refractivity contribution in [3.63, 3.8) is 0 Å². The first-order chi connectivity index (χ1) is 8.04. The second-order valence-electron chi connectivity index (χ2n) is 3.67. The van der Waals surface area contributed by atoms with Crippen LogP contribution in [0.15, 0.2) is 15.3 Å². The molecule has 0 saturated heterocycles. The summed E-state index contributed by atoms with van der Waals surface area (Å²) in [5, 5.41) is 0. The molecule has 0 unspecified atom stereocenters. The Hall–Kier alpha value is -1.10. The van der Waals surface area contributed by atoms with Crippen LogP contribution in [-0.4, -0.2) is 28.9 Å². The van der Waals surface area contributed by atoms with E-state index in [1.165, 1.54) is 0 Å². The Morgan fingerprint density at radius 1 is 1.35 bits per heavy atom. The molecule has 4 nitrogen and oxygen atoms in total. The molecule has 0 aliphatic rings. The van der Waals surface area contributed by atoms with Crippen molar-refractivity contribution in [2.75, 3.05) is 13.1 Å². The number of carbonyl (C=O) groups is 1. The first-order valence-corrected chi connectivity index (χ1v) is 6.55. The van der Waals surface area contributed by atoms with Crippen LogP contribution in [0.3, 0.4) is 0 Å². The first kappa shape index (κ1) is 14.0. The van der Waals surface area contributed by atoms with Crippen molar-refractivity contribution in [3.8, 4) is 0 Å². The van der Waals surface area contributed by atoms with Gasteiger partial charge in [0, 0.05) is 23.3 Å². The number of pyridine rings is 1. The Balaban J connectivity index is 3.19. The molecule has 0 fully saturated rings. The number of aryl methyl sites for hydroxylation is 1. The predicted molar refractivity (Wildman–Crippen MR) is 71.4 cm³/mol. The number of H-pyrrole nitrogens is 1. The van der Waals surface area contributed by atoms with E-state index >= 15 is 0 Å². The maximum atomic E-state index is 12.1. The summed E-state index contributed by atoms with van der Waals surface area (Å²) in [4.78, 5) is 28.2. The van der Waals surface area contributed by atoms with Gasteiger partial charge < -0.3 is 9.88 Å². The average molecular weight is 301 g/mol. The lowest BCUT2D eigenvalue weighted by Crippen LogP contribution is -2.34. The van der Waals surface area contributed by atoms with E-state index in [1.807, 2.05) is 20.8 Å². The largest absolute Gasteiger partial charge is 0.339 e. The fourth-order valence-corrected chi connectivity index (χ4v) is 2.25. The fraction of sp³-hybridized carbons (Fsp3) is 0.500. The van der Waals surface area contributed by atoms with Crippen LogP contribution in [0, 0.1) is 0 Å². The number of nitrogens with one attached hydrogen (secondary N) is 1. The molecule has 0 spiro atoms. The molecular formula is C12H17BrN2O2. The summed E-state index contributed by atoms with van der Waals surface area (Å²) < 4.78 is 0.773. The van der Waals surface area contributed by atoms with Gasteiger partial charge in [0.25, 0.3) is 11.5 Å². The highest BCUT2D eigenvalue weighted by atomic mass is 79.9. The van der Waals surface area contributed by atoms with Gasteiger partial charge in [0.1, 0.15) is 5.56 Å². The van der Waals surface area contributed by atoms with Crippen LogP contribution in [0.4, 0.5) is 0 Å². The SMILES string of the molecule is CCc1[nH]c(=O)c(C(=O)N(CC)CC)cc1Br.